The number of hydrogen-bond acceptors (Lipinski definition) is 1. The van der Waals surface area contributed by atoms with Crippen LogP contribution in [0, 0.1) is 0 Å². The van der Waals surface area contributed by atoms with Gasteiger partial charge in [0, 0.05) is 0 Å². The van der Waals surface area contributed by atoms with Crippen molar-refractivity contribution in [1.82, 2.24) is 0 Å². The van der Waals surface area contributed by atoms with Gasteiger partial charge in [0.1, 0.15) is 0 Å². The third-order valence-electron chi connectivity index (χ3n) is 12.7. The van der Waals surface area contributed by atoms with Gasteiger partial charge in [0.2, 0.25) is 0 Å². The van der Waals surface area contributed by atoms with Crippen LogP contribution in [0.2, 0.25) is 0 Å². The molecule has 278 valence electrons. The van der Waals surface area contributed by atoms with Gasteiger partial charge in [0.05, 0.1) is 0 Å². The van der Waals surface area contributed by atoms with Crippen molar-refractivity contribution >= 4 is 98.8 Å². The average molecular weight is 826 g/mol. The first-order chi connectivity index (χ1) is 29.8. The standard InChI is InChI=1S/C58H34OSe/c1-2-16-35(17-3-1)53-38-19-4-8-23-42(38)55(43-24-9-5-20-39(43)53)46-27-14-30-51-57(46)58-47(28-15-31-52(58)60-51)56-44-25-10-6-21-40(44)54(41-22-7-11-26-45(41)56)36-32-33-50-48(34-36)37-18-12-13-29-49(37)59-50/h1-34H. The summed E-state index contributed by atoms with van der Waals surface area (Å²) in [5.41, 5.74) is 12.0. The molecule has 60 heavy (non-hydrogen) atoms. The predicted octanol–water partition coefficient (Wildman–Crippen LogP) is 16.2. The normalized spacial score (nSPS) is 12.0. The summed E-state index contributed by atoms with van der Waals surface area (Å²) in [6, 6.07) is 76.2. The van der Waals surface area contributed by atoms with Gasteiger partial charge in [0.15, 0.2) is 0 Å². The van der Waals surface area contributed by atoms with Gasteiger partial charge < -0.3 is 0 Å². The van der Waals surface area contributed by atoms with Crippen LogP contribution in [-0.2, 0) is 0 Å². The predicted molar refractivity (Wildman–Crippen MR) is 257 cm³/mol. The fourth-order valence-electron chi connectivity index (χ4n) is 10.2. The van der Waals surface area contributed by atoms with Crippen LogP contribution in [0.4, 0.5) is 0 Å². The Morgan fingerprint density at radius 1 is 0.267 bits per heavy atom. The van der Waals surface area contributed by atoms with E-state index in [0.29, 0.717) is 0 Å². The van der Waals surface area contributed by atoms with Gasteiger partial charge in [-0.3, -0.25) is 0 Å². The zero-order valence-corrected chi connectivity index (χ0v) is 34.2. The Morgan fingerprint density at radius 2 is 0.667 bits per heavy atom. The molecule has 0 radical (unpaired) electrons. The first-order valence-corrected chi connectivity index (χ1v) is 22.3. The number of rotatable bonds is 4. The van der Waals surface area contributed by atoms with Crippen molar-refractivity contribution in [2.24, 2.45) is 0 Å². The molecule has 0 saturated heterocycles. The monoisotopic (exact) mass is 826 g/mol. The van der Waals surface area contributed by atoms with Crippen LogP contribution >= 0.6 is 0 Å². The molecular weight excluding hydrogens is 792 g/mol. The van der Waals surface area contributed by atoms with Crippen molar-refractivity contribution in [3.05, 3.63) is 206 Å². The molecule has 0 unspecified atom stereocenters. The van der Waals surface area contributed by atoms with Crippen molar-refractivity contribution < 1.29 is 4.42 Å². The van der Waals surface area contributed by atoms with Gasteiger partial charge in [-0.25, -0.2) is 0 Å². The van der Waals surface area contributed by atoms with Crippen molar-refractivity contribution in [3.8, 4) is 44.5 Å². The van der Waals surface area contributed by atoms with Crippen molar-refractivity contribution in [2.75, 3.05) is 0 Å². The minimum absolute atomic E-state index is 0.153. The second-order valence-electron chi connectivity index (χ2n) is 15.8. The zero-order valence-electron chi connectivity index (χ0n) is 32.4. The van der Waals surface area contributed by atoms with Crippen molar-refractivity contribution in [3.63, 3.8) is 0 Å². The Hall–Kier alpha value is -7.22. The topological polar surface area (TPSA) is 13.1 Å². The maximum atomic E-state index is 6.28. The van der Waals surface area contributed by atoms with Crippen LogP contribution in [0.15, 0.2) is 211 Å². The molecule has 0 amide bonds. The molecule has 0 fully saturated rings. The molecule has 0 aliphatic rings. The quantitative estimate of drug-likeness (QED) is 0.127. The molecular formula is C58H34OSe. The fraction of sp³-hybridized carbons (Fsp3) is 0. The van der Waals surface area contributed by atoms with E-state index in [2.05, 4.69) is 200 Å². The zero-order chi connectivity index (χ0) is 39.3. The summed E-state index contributed by atoms with van der Waals surface area (Å²) in [7, 11) is 0. The van der Waals surface area contributed by atoms with Crippen LogP contribution in [0.3, 0.4) is 0 Å². The van der Waals surface area contributed by atoms with E-state index in [-0.39, 0.29) is 14.5 Å². The Labute approximate surface area is 352 Å². The number of hydrogen-bond donors (Lipinski definition) is 0. The molecule has 0 aliphatic heterocycles. The van der Waals surface area contributed by atoms with E-state index >= 15 is 0 Å². The number of fused-ring (bicyclic) bond motifs is 10. The molecule has 2 heterocycles. The Morgan fingerprint density at radius 3 is 1.17 bits per heavy atom. The van der Waals surface area contributed by atoms with E-state index in [1.165, 1.54) is 107 Å². The van der Waals surface area contributed by atoms with E-state index in [4.69, 9.17) is 4.42 Å². The Bertz CT molecular complexity index is 3770. The van der Waals surface area contributed by atoms with Crippen molar-refractivity contribution in [1.29, 1.82) is 0 Å². The van der Waals surface area contributed by atoms with Gasteiger partial charge in [0.25, 0.3) is 0 Å². The second-order valence-corrected chi connectivity index (χ2v) is 18.1. The van der Waals surface area contributed by atoms with E-state index in [0.717, 1.165) is 21.9 Å². The molecule has 11 aromatic carbocycles. The maximum absolute atomic E-state index is 6.28. The van der Waals surface area contributed by atoms with Crippen LogP contribution in [0.5, 0.6) is 0 Å². The van der Waals surface area contributed by atoms with E-state index < -0.39 is 0 Å². The van der Waals surface area contributed by atoms with Crippen LogP contribution < -0.4 is 0 Å². The molecule has 0 saturated carbocycles. The van der Waals surface area contributed by atoms with Gasteiger partial charge in [-0.1, -0.05) is 12.1 Å². The van der Waals surface area contributed by atoms with E-state index in [1.54, 1.807) is 0 Å². The molecule has 13 aromatic rings. The van der Waals surface area contributed by atoms with E-state index in [9.17, 15) is 0 Å². The molecule has 0 N–H and O–H groups in total. The molecule has 0 spiro atoms. The molecule has 1 nitrogen and oxygen atoms in total. The van der Waals surface area contributed by atoms with Crippen molar-refractivity contribution in [2.45, 2.75) is 0 Å². The van der Waals surface area contributed by atoms with Gasteiger partial charge in [-0.2, -0.15) is 0 Å². The Balaban J connectivity index is 1.13. The van der Waals surface area contributed by atoms with Crippen LogP contribution in [-0.4, -0.2) is 14.5 Å². The van der Waals surface area contributed by atoms with Gasteiger partial charge >= 0.3 is 336 Å². The summed E-state index contributed by atoms with van der Waals surface area (Å²) >= 11 is 0.153. The Kier molecular flexibility index (Phi) is 7.39. The van der Waals surface area contributed by atoms with Crippen LogP contribution in [0.1, 0.15) is 0 Å². The summed E-state index contributed by atoms with van der Waals surface area (Å²) in [6.07, 6.45) is 0. The van der Waals surface area contributed by atoms with Gasteiger partial charge in [-0.05, 0) is 6.07 Å². The van der Waals surface area contributed by atoms with E-state index in [1.807, 2.05) is 6.07 Å². The third kappa shape index (κ3) is 4.87. The molecule has 0 bridgehead atoms. The summed E-state index contributed by atoms with van der Waals surface area (Å²) in [5.74, 6) is 0. The summed E-state index contributed by atoms with van der Waals surface area (Å²) in [6.45, 7) is 0. The average Bonchev–Trinajstić information content (AvgIpc) is 3.89. The third-order valence-corrected chi connectivity index (χ3v) is 15.0. The molecule has 2 aromatic heterocycles. The summed E-state index contributed by atoms with van der Waals surface area (Å²) in [4.78, 5) is 0. The summed E-state index contributed by atoms with van der Waals surface area (Å²) in [5, 5.41) is 15.2. The van der Waals surface area contributed by atoms with Gasteiger partial charge in [-0.15, -0.1) is 0 Å². The van der Waals surface area contributed by atoms with Crippen LogP contribution in [0.25, 0.3) is 129 Å². The number of furan rings is 1. The second kappa shape index (κ2) is 13.1. The number of para-hydroxylation sites is 1. The molecule has 0 aliphatic carbocycles. The SMILES string of the molecule is c1ccc(-c2c3ccccc3c(-c3cccc4[se]c5cccc(-c6c7ccccc7c(-c7ccc8oc9ccccc9c8c7)c7ccccc67)c5c34)c3ccccc23)cc1. The molecule has 13 rings (SSSR count). The fourth-order valence-corrected chi connectivity index (χ4v) is 12.7. The first kappa shape index (κ1) is 33.7. The first-order valence-electron chi connectivity index (χ1n) is 20.6. The summed E-state index contributed by atoms with van der Waals surface area (Å²) < 4.78 is 9.16. The number of benzene rings is 11. The minimum atomic E-state index is 0.153. The molecule has 2 heteroatoms. The molecule has 0 atom stereocenters.